The number of anilines is 2. The Kier molecular flexibility index (Phi) is 10.0. The predicted molar refractivity (Wildman–Crippen MR) is 162 cm³/mol. The molecule has 0 unspecified atom stereocenters. The second-order valence-electron chi connectivity index (χ2n) is 10.8. The van der Waals surface area contributed by atoms with Crippen LogP contribution in [0.2, 0.25) is 0 Å². The molecule has 228 valence electrons. The van der Waals surface area contributed by atoms with Gasteiger partial charge in [-0.2, -0.15) is 0 Å². The zero-order chi connectivity index (χ0) is 31.6. The van der Waals surface area contributed by atoms with Crippen LogP contribution in [-0.4, -0.2) is 24.9 Å². The SMILES string of the molecule is CCC(=O)N(CC)c1ccc(F)[c]([Ti]([C]2=C(C)C=CC2)([C]2=C(C)C=CC2)[c]2c(F)ccc(N(CC)C(=O)CC)c2F)c1F. The molecule has 2 aliphatic rings. The van der Waals surface area contributed by atoms with Crippen LogP contribution in [0, 0.1) is 23.3 Å². The molecule has 4 rings (SSSR count). The fourth-order valence-corrected chi connectivity index (χ4v) is 15.7. The summed E-state index contributed by atoms with van der Waals surface area (Å²) in [6.45, 7) is 10.5. The summed E-state index contributed by atoms with van der Waals surface area (Å²) in [5, 5.41) is 0. The Balaban J connectivity index is 2.27. The number of halogens is 4. The van der Waals surface area contributed by atoms with Crippen molar-refractivity contribution in [1.82, 2.24) is 0 Å². The van der Waals surface area contributed by atoms with E-state index in [1.165, 1.54) is 21.9 Å². The Morgan fingerprint density at radius 3 is 1.33 bits per heavy atom. The first-order chi connectivity index (χ1) is 20.5. The summed E-state index contributed by atoms with van der Waals surface area (Å²) in [5.41, 5.74) is 1.16. The van der Waals surface area contributed by atoms with Crippen LogP contribution in [0.5, 0.6) is 0 Å². The maximum absolute atomic E-state index is 17.2. The standard InChI is InChI=1S/2C11H12F2NO.2C6H7.Ti/c2*1-3-11(15)14(4-2)10-6-5-8(12)7-9(10)13;2*1-6-4-2-3-5-6;/h2*5-6H,3-4H2,1-2H3;2*2,4H,3H2,1H3;. The van der Waals surface area contributed by atoms with Crippen molar-refractivity contribution >= 4 is 30.9 Å². The molecular weight excluding hydrogens is 592 g/mol. The molecule has 0 spiro atoms. The minimum absolute atomic E-state index is 0.0958. The average Bonchev–Trinajstić information content (AvgIpc) is 3.62. The molecule has 2 aromatic carbocycles. The van der Waals surface area contributed by atoms with Crippen LogP contribution in [0.15, 0.2) is 67.5 Å². The molecule has 0 atom stereocenters. The average molecular weight is 631 g/mol. The molecule has 4 nitrogen and oxygen atoms in total. The van der Waals surface area contributed by atoms with E-state index in [0.717, 1.165) is 12.1 Å². The molecule has 0 aliphatic heterocycles. The van der Waals surface area contributed by atoms with Gasteiger partial charge in [0.15, 0.2) is 0 Å². The molecule has 0 saturated heterocycles. The summed E-state index contributed by atoms with van der Waals surface area (Å²) in [6.07, 6.45) is 8.07. The first kappa shape index (κ1) is 32.7. The van der Waals surface area contributed by atoms with Crippen molar-refractivity contribution < 1.29 is 43.7 Å². The van der Waals surface area contributed by atoms with Crippen LogP contribution in [-0.2, 0) is 26.2 Å². The zero-order valence-corrected chi connectivity index (χ0v) is 27.1. The fraction of sp³-hybridized carbons (Fsp3) is 0.353. The van der Waals surface area contributed by atoms with Gasteiger partial charge in [-0.05, 0) is 0 Å². The van der Waals surface area contributed by atoms with Gasteiger partial charge < -0.3 is 0 Å². The van der Waals surface area contributed by atoms with E-state index in [-0.39, 0.29) is 69.7 Å². The molecule has 2 aliphatic carbocycles. The molecule has 0 N–H and O–H groups in total. The number of nitrogens with zero attached hydrogens (tertiary/aromatic N) is 2. The van der Waals surface area contributed by atoms with Gasteiger partial charge in [0, 0.05) is 0 Å². The second kappa shape index (κ2) is 13.2. The molecule has 2 amide bonds. The van der Waals surface area contributed by atoms with Gasteiger partial charge in [0.1, 0.15) is 0 Å². The van der Waals surface area contributed by atoms with Crippen molar-refractivity contribution in [2.24, 2.45) is 0 Å². The van der Waals surface area contributed by atoms with Gasteiger partial charge in [0.2, 0.25) is 0 Å². The van der Waals surface area contributed by atoms with Crippen molar-refractivity contribution in [3.05, 3.63) is 90.7 Å². The molecule has 0 saturated carbocycles. The molecule has 0 radical (unpaired) electrons. The molecule has 0 fully saturated rings. The van der Waals surface area contributed by atoms with E-state index >= 15 is 17.6 Å². The normalized spacial score (nSPS) is 14.7. The first-order valence-electron chi connectivity index (χ1n) is 14.8. The van der Waals surface area contributed by atoms with Gasteiger partial charge in [-0.25, -0.2) is 0 Å². The van der Waals surface area contributed by atoms with Crippen LogP contribution >= 0.6 is 0 Å². The third kappa shape index (κ3) is 5.37. The summed E-state index contributed by atoms with van der Waals surface area (Å²) in [7, 11) is 0. The van der Waals surface area contributed by atoms with Crippen molar-refractivity contribution in [3.8, 4) is 0 Å². The van der Waals surface area contributed by atoms with Gasteiger partial charge in [-0.1, -0.05) is 0 Å². The van der Waals surface area contributed by atoms with Crippen molar-refractivity contribution in [3.63, 3.8) is 0 Å². The molecule has 0 heterocycles. The van der Waals surface area contributed by atoms with E-state index < -0.39 is 39.9 Å². The van der Waals surface area contributed by atoms with E-state index in [4.69, 9.17) is 0 Å². The number of benzene rings is 2. The summed E-state index contributed by atoms with van der Waals surface area (Å²) in [5.74, 6) is -4.51. The van der Waals surface area contributed by atoms with Gasteiger partial charge in [-0.15, -0.1) is 0 Å². The number of allylic oxidation sites excluding steroid dienone is 8. The third-order valence-electron chi connectivity index (χ3n) is 8.55. The third-order valence-corrected chi connectivity index (χ3v) is 17.0. The number of amides is 2. The van der Waals surface area contributed by atoms with E-state index in [2.05, 4.69) is 0 Å². The van der Waals surface area contributed by atoms with E-state index in [1.54, 1.807) is 41.5 Å². The Labute approximate surface area is 254 Å². The molecule has 0 aromatic heterocycles. The van der Waals surface area contributed by atoms with E-state index in [1.807, 2.05) is 24.3 Å². The molecule has 9 heteroatoms. The number of hydrogen-bond donors (Lipinski definition) is 0. The topological polar surface area (TPSA) is 40.6 Å². The summed E-state index contributed by atoms with van der Waals surface area (Å²) < 4.78 is 67.9. The Morgan fingerprint density at radius 2 is 1.05 bits per heavy atom. The van der Waals surface area contributed by atoms with Gasteiger partial charge in [-0.3, -0.25) is 0 Å². The van der Waals surface area contributed by atoms with Crippen LogP contribution in [0.3, 0.4) is 0 Å². The molecule has 43 heavy (non-hydrogen) atoms. The van der Waals surface area contributed by atoms with Crippen LogP contribution in [0.4, 0.5) is 28.9 Å². The maximum atomic E-state index is 17.2. The van der Waals surface area contributed by atoms with Crippen LogP contribution in [0.25, 0.3) is 0 Å². The Bertz CT molecular complexity index is 1470. The quantitative estimate of drug-likeness (QED) is 0.204. The monoisotopic (exact) mass is 630 g/mol. The van der Waals surface area contributed by atoms with Gasteiger partial charge >= 0.3 is 256 Å². The number of rotatable bonds is 10. The van der Waals surface area contributed by atoms with Gasteiger partial charge in [0.25, 0.3) is 0 Å². The van der Waals surface area contributed by atoms with E-state index in [0.29, 0.717) is 18.9 Å². The van der Waals surface area contributed by atoms with Gasteiger partial charge in [0.05, 0.1) is 0 Å². The Morgan fingerprint density at radius 1 is 0.674 bits per heavy atom. The van der Waals surface area contributed by atoms with Crippen molar-refractivity contribution in [1.29, 1.82) is 0 Å². The molecule has 0 bridgehead atoms. The summed E-state index contributed by atoms with van der Waals surface area (Å²) in [4.78, 5) is 28.2. The number of carbonyl (C=O) groups excluding carboxylic acids is 2. The van der Waals surface area contributed by atoms with E-state index in [9.17, 15) is 9.59 Å². The second-order valence-corrected chi connectivity index (χ2v) is 16.6. The fourth-order valence-electron chi connectivity index (χ4n) is 6.57. The van der Waals surface area contributed by atoms with Crippen molar-refractivity contribution in [2.75, 3.05) is 22.9 Å². The number of carbonyl (C=O) groups is 2. The number of hydrogen-bond acceptors (Lipinski definition) is 2. The molecule has 2 aromatic rings. The predicted octanol–water partition coefficient (Wildman–Crippen LogP) is 7.34. The van der Waals surface area contributed by atoms with Crippen LogP contribution < -0.4 is 17.5 Å². The first-order valence-corrected chi connectivity index (χ1v) is 17.9. The van der Waals surface area contributed by atoms with Crippen molar-refractivity contribution in [2.45, 2.75) is 67.2 Å². The minimum atomic E-state index is -5.21. The van der Waals surface area contributed by atoms with Crippen LogP contribution in [0.1, 0.15) is 67.2 Å². The Hall–Kier alpha value is -3.23. The zero-order valence-electron chi connectivity index (χ0n) is 25.6. The molecular formula is C34H38F4N2O2Ti. The summed E-state index contributed by atoms with van der Waals surface area (Å²) in [6, 6.07) is 4.66. The summed E-state index contributed by atoms with van der Waals surface area (Å²) >= 11 is -5.21.